The number of aryl methyl sites for hydroxylation is 2. The fourth-order valence-electron chi connectivity index (χ4n) is 4.25. The quantitative estimate of drug-likeness (QED) is 0.482. The van der Waals surface area contributed by atoms with E-state index >= 15 is 0 Å². The standard InChI is InChI=1S/C26H30N6O3/c1-16(2)32-23(11-12-27-32)30-25(34)15-31-21-8-6-5-7-20(21)29-26(35)22(31)14-24(33)28-19-10-9-17(3)13-18(19)4/h5-13,16,22H,14-15H2,1-4H3,(H,28,33)(H,29,35)(H,30,34). The summed E-state index contributed by atoms with van der Waals surface area (Å²) in [6.45, 7) is 7.75. The molecule has 0 saturated heterocycles. The monoisotopic (exact) mass is 474 g/mol. The highest BCUT2D eigenvalue weighted by atomic mass is 16.2. The van der Waals surface area contributed by atoms with Crippen molar-refractivity contribution in [3.63, 3.8) is 0 Å². The van der Waals surface area contributed by atoms with Gasteiger partial charge in [0.15, 0.2) is 0 Å². The van der Waals surface area contributed by atoms with E-state index in [-0.39, 0.29) is 36.7 Å². The predicted molar refractivity (Wildman–Crippen MR) is 137 cm³/mol. The van der Waals surface area contributed by atoms with Crippen LogP contribution in [0.5, 0.6) is 0 Å². The predicted octanol–water partition coefficient (Wildman–Crippen LogP) is 3.88. The second-order valence-electron chi connectivity index (χ2n) is 9.02. The third kappa shape index (κ3) is 5.34. The molecule has 2 aromatic carbocycles. The zero-order chi connectivity index (χ0) is 25.1. The molecule has 1 aliphatic rings. The fraction of sp³-hybridized carbons (Fsp3) is 0.308. The van der Waals surface area contributed by atoms with E-state index in [1.807, 2.05) is 64.1 Å². The van der Waals surface area contributed by atoms with Crippen LogP contribution in [0.25, 0.3) is 0 Å². The highest BCUT2D eigenvalue weighted by Gasteiger charge is 2.35. The first-order valence-electron chi connectivity index (χ1n) is 11.6. The molecule has 2 heterocycles. The first-order valence-corrected chi connectivity index (χ1v) is 11.6. The van der Waals surface area contributed by atoms with Gasteiger partial charge in [0.2, 0.25) is 17.7 Å². The van der Waals surface area contributed by atoms with Crippen molar-refractivity contribution in [3.8, 4) is 0 Å². The summed E-state index contributed by atoms with van der Waals surface area (Å²) in [5.41, 5.74) is 4.02. The number of nitrogens with one attached hydrogen (secondary N) is 3. The Kier molecular flexibility index (Phi) is 6.86. The lowest BCUT2D eigenvalue weighted by Gasteiger charge is -2.37. The summed E-state index contributed by atoms with van der Waals surface area (Å²) in [5, 5.41) is 12.9. The Morgan fingerprint density at radius 2 is 1.83 bits per heavy atom. The van der Waals surface area contributed by atoms with Crippen LogP contribution in [0.15, 0.2) is 54.7 Å². The van der Waals surface area contributed by atoms with Gasteiger partial charge in [-0.1, -0.05) is 29.8 Å². The molecule has 0 spiro atoms. The molecule has 9 heteroatoms. The molecule has 1 aromatic heterocycles. The third-order valence-corrected chi connectivity index (χ3v) is 5.93. The molecule has 1 aliphatic heterocycles. The van der Waals surface area contributed by atoms with Gasteiger partial charge in [-0.2, -0.15) is 5.10 Å². The van der Waals surface area contributed by atoms with Crippen molar-refractivity contribution in [2.24, 2.45) is 0 Å². The maximum atomic E-state index is 13.0. The van der Waals surface area contributed by atoms with Gasteiger partial charge in [-0.25, -0.2) is 4.68 Å². The van der Waals surface area contributed by atoms with E-state index < -0.39 is 6.04 Å². The van der Waals surface area contributed by atoms with Crippen LogP contribution < -0.4 is 20.9 Å². The van der Waals surface area contributed by atoms with Gasteiger partial charge >= 0.3 is 0 Å². The Labute approximate surface area is 204 Å². The number of benzene rings is 2. The van der Waals surface area contributed by atoms with Crippen LogP contribution in [0.1, 0.15) is 37.4 Å². The molecule has 4 rings (SSSR count). The van der Waals surface area contributed by atoms with E-state index in [9.17, 15) is 14.4 Å². The molecule has 0 aliphatic carbocycles. The molecule has 9 nitrogen and oxygen atoms in total. The van der Waals surface area contributed by atoms with Crippen LogP contribution in [0.4, 0.5) is 22.9 Å². The van der Waals surface area contributed by atoms with Crippen molar-refractivity contribution >= 4 is 40.6 Å². The maximum Gasteiger partial charge on any atom is 0.247 e. The highest BCUT2D eigenvalue weighted by molar-refractivity contribution is 6.08. The molecule has 1 atom stereocenters. The second kappa shape index (κ2) is 10.0. The highest BCUT2D eigenvalue weighted by Crippen LogP contribution is 2.33. The largest absolute Gasteiger partial charge is 0.348 e. The van der Waals surface area contributed by atoms with E-state index in [0.717, 1.165) is 11.1 Å². The van der Waals surface area contributed by atoms with E-state index in [1.165, 1.54) is 0 Å². The summed E-state index contributed by atoms with van der Waals surface area (Å²) in [7, 11) is 0. The summed E-state index contributed by atoms with van der Waals surface area (Å²) in [6.07, 6.45) is 1.52. The molecule has 35 heavy (non-hydrogen) atoms. The van der Waals surface area contributed by atoms with Crippen molar-refractivity contribution in [3.05, 3.63) is 65.9 Å². The van der Waals surface area contributed by atoms with Crippen molar-refractivity contribution in [2.45, 2.75) is 46.2 Å². The summed E-state index contributed by atoms with van der Waals surface area (Å²) < 4.78 is 1.71. The van der Waals surface area contributed by atoms with Crippen LogP contribution in [0, 0.1) is 13.8 Å². The number of para-hydroxylation sites is 2. The smallest absolute Gasteiger partial charge is 0.247 e. The van der Waals surface area contributed by atoms with E-state index in [0.29, 0.717) is 22.9 Å². The number of aromatic nitrogens is 2. The Bertz CT molecular complexity index is 1270. The minimum absolute atomic E-state index is 0.0727. The van der Waals surface area contributed by atoms with Crippen molar-refractivity contribution < 1.29 is 14.4 Å². The van der Waals surface area contributed by atoms with Crippen LogP contribution >= 0.6 is 0 Å². The number of nitrogens with zero attached hydrogens (tertiary/aromatic N) is 3. The Morgan fingerprint density at radius 1 is 1.06 bits per heavy atom. The molecular formula is C26H30N6O3. The van der Waals surface area contributed by atoms with Gasteiger partial charge in [0.05, 0.1) is 30.5 Å². The lowest BCUT2D eigenvalue weighted by Crippen LogP contribution is -2.52. The van der Waals surface area contributed by atoms with Crippen LogP contribution in [0.3, 0.4) is 0 Å². The summed E-state index contributed by atoms with van der Waals surface area (Å²) in [6, 6.07) is 14.0. The molecule has 3 aromatic rings. The lowest BCUT2D eigenvalue weighted by atomic mass is 10.0. The van der Waals surface area contributed by atoms with Gasteiger partial charge in [0.25, 0.3) is 0 Å². The van der Waals surface area contributed by atoms with Gasteiger partial charge in [-0.15, -0.1) is 0 Å². The number of amides is 3. The Balaban J connectivity index is 1.55. The molecular weight excluding hydrogens is 444 g/mol. The van der Waals surface area contributed by atoms with Gasteiger partial charge < -0.3 is 20.9 Å². The zero-order valence-electron chi connectivity index (χ0n) is 20.3. The lowest BCUT2D eigenvalue weighted by molar-refractivity contribution is -0.123. The Hall–Kier alpha value is -4.14. The van der Waals surface area contributed by atoms with E-state index in [2.05, 4.69) is 21.0 Å². The van der Waals surface area contributed by atoms with Crippen LogP contribution in [-0.4, -0.2) is 40.1 Å². The molecule has 0 saturated carbocycles. The maximum absolute atomic E-state index is 13.0. The number of hydrogen-bond donors (Lipinski definition) is 3. The van der Waals surface area contributed by atoms with Crippen LogP contribution in [-0.2, 0) is 14.4 Å². The van der Waals surface area contributed by atoms with E-state index in [4.69, 9.17) is 0 Å². The molecule has 0 radical (unpaired) electrons. The number of carbonyl (C=O) groups excluding carboxylic acids is 3. The Morgan fingerprint density at radius 3 is 2.57 bits per heavy atom. The van der Waals surface area contributed by atoms with Gasteiger partial charge in [-0.05, 0) is 51.5 Å². The van der Waals surface area contributed by atoms with Crippen molar-refractivity contribution in [2.75, 3.05) is 27.4 Å². The topological polar surface area (TPSA) is 108 Å². The van der Waals surface area contributed by atoms with Gasteiger partial charge in [0, 0.05) is 17.8 Å². The fourth-order valence-corrected chi connectivity index (χ4v) is 4.25. The number of fused-ring (bicyclic) bond motifs is 1. The van der Waals surface area contributed by atoms with Gasteiger partial charge in [0.1, 0.15) is 11.9 Å². The molecule has 3 amide bonds. The average Bonchev–Trinajstić information content (AvgIpc) is 3.26. The van der Waals surface area contributed by atoms with Crippen molar-refractivity contribution in [1.29, 1.82) is 0 Å². The molecule has 0 fully saturated rings. The number of hydrogen-bond acceptors (Lipinski definition) is 5. The minimum Gasteiger partial charge on any atom is -0.348 e. The zero-order valence-corrected chi connectivity index (χ0v) is 20.3. The third-order valence-electron chi connectivity index (χ3n) is 5.93. The first-order chi connectivity index (χ1) is 16.7. The van der Waals surface area contributed by atoms with Crippen molar-refractivity contribution in [1.82, 2.24) is 9.78 Å². The van der Waals surface area contributed by atoms with E-state index in [1.54, 1.807) is 27.9 Å². The second-order valence-corrected chi connectivity index (χ2v) is 9.02. The molecule has 3 N–H and O–H groups in total. The summed E-state index contributed by atoms with van der Waals surface area (Å²) in [4.78, 5) is 40.7. The SMILES string of the molecule is Cc1ccc(NC(=O)CC2C(=O)Nc3ccccc3N2CC(=O)Nc2ccnn2C(C)C)c(C)c1. The number of rotatable bonds is 7. The summed E-state index contributed by atoms with van der Waals surface area (Å²) >= 11 is 0. The van der Waals surface area contributed by atoms with Crippen LogP contribution in [0.2, 0.25) is 0 Å². The molecule has 182 valence electrons. The normalized spacial score (nSPS) is 14.9. The molecule has 1 unspecified atom stereocenters. The number of carbonyl (C=O) groups is 3. The minimum atomic E-state index is -0.851. The first kappa shape index (κ1) is 24.0. The summed E-state index contributed by atoms with van der Waals surface area (Å²) in [5.74, 6) is -0.375. The van der Waals surface area contributed by atoms with Gasteiger partial charge in [-0.3, -0.25) is 14.4 Å². The number of anilines is 4. The molecule has 0 bridgehead atoms. The average molecular weight is 475 g/mol.